The molecular formula is C53H92N4O4. The smallest absolute Gasteiger partial charge is 0.119 e. The summed E-state index contributed by atoms with van der Waals surface area (Å²) in [4.78, 5) is 9.72. The van der Waals surface area contributed by atoms with E-state index >= 15 is 0 Å². The van der Waals surface area contributed by atoms with Crippen LogP contribution in [-0.4, -0.2) is 127 Å². The van der Waals surface area contributed by atoms with Gasteiger partial charge in [0.05, 0.1) is 26.4 Å². The Morgan fingerprint density at radius 1 is 0.492 bits per heavy atom. The maximum Gasteiger partial charge on any atom is 0.119 e. The van der Waals surface area contributed by atoms with Crippen molar-refractivity contribution in [2.24, 2.45) is 0 Å². The Balaban J connectivity index is 0.000000430. The van der Waals surface area contributed by atoms with Crippen LogP contribution in [0.1, 0.15) is 137 Å². The minimum absolute atomic E-state index is 0.549. The first-order valence-corrected chi connectivity index (χ1v) is 24.3. The molecule has 0 unspecified atom stereocenters. The number of likely N-dealkylation sites (tertiary alicyclic amines) is 1. The van der Waals surface area contributed by atoms with Gasteiger partial charge in [0, 0.05) is 65.1 Å². The van der Waals surface area contributed by atoms with Crippen molar-refractivity contribution in [2.45, 2.75) is 120 Å². The molecule has 348 valence electrons. The zero-order chi connectivity index (χ0) is 45.3. The van der Waals surface area contributed by atoms with Crippen molar-refractivity contribution in [3.05, 3.63) is 89.5 Å². The van der Waals surface area contributed by atoms with Crippen LogP contribution in [0, 0.1) is 0 Å². The molecule has 0 atom stereocenters. The molecule has 0 saturated carbocycles. The van der Waals surface area contributed by atoms with Gasteiger partial charge in [0.2, 0.25) is 0 Å². The highest BCUT2D eigenvalue weighted by Gasteiger charge is 2.13. The Kier molecular flexibility index (Phi) is 32.4. The van der Waals surface area contributed by atoms with Gasteiger partial charge in [0.15, 0.2) is 0 Å². The third-order valence-corrected chi connectivity index (χ3v) is 10.8. The third-order valence-electron chi connectivity index (χ3n) is 10.8. The molecular weight excluding hydrogens is 757 g/mol. The van der Waals surface area contributed by atoms with Crippen LogP contribution in [0.3, 0.4) is 0 Å². The average molecular weight is 849 g/mol. The largest absolute Gasteiger partial charge is 0.492 e. The van der Waals surface area contributed by atoms with Gasteiger partial charge in [0.25, 0.3) is 0 Å². The molecule has 6 rings (SSSR count). The van der Waals surface area contributed by atoms with Gasteiger partial charge < -0.3 is 23.8 Å². The van der Waals surface area contributed by atoms with Crippen molar-refractivity contribution in [1.29, 1.82) is 0 Å². The van der Waals surface area contributed by atoms with Crippen molar-refractivity contribution in [1.82, 2.24) is 14.7 Å². The van der Waals surface area contributed by atoms with Gasteiger partial charge in [-0.25, -0.2) is 0 Å². The second-order valence-electron chi connectivity index (χ2n) is 16.1. The number of piperidine rings is 1. The van der Waals surface area contributed by atoms with Gasteiger partial charge in [-0.15, -0.1) is 0 Å². The molecule has 0 radical (unpaired) electrons. The lowest BCUT2D eigenvalue weighted by Crippen LogP contribution is -2.40. The van der Waals surface area contributed by atoms with E-state index in [1.807, 2.05) is 47.6 Å². The number of morpholine rings is 2. The molecule has 3 aliphatic rings. The molecule has 3 saturated heterocycles. The number of rotatable bonds is 15. The van der Waals surface area contributed by atoms with Crippen molar-refractivity contribution in [3.63, 3.8) is 0 Å². The topological polar surface area (TPSA) is 49.9 Å². The second kappa shape index (κ2) is 35.3. The predicted molar refractivity (Wildman–Crippen MR) is 265 cm³/mol. The molecule has 3 aromatic carbocycles. The summed E-state index contributed by atoms with van der Waals surface area (Å²) in [6.07, 6.45) is 4.10. The predicted octanol–water partition coefficient (Wildman–Crippen LogP) is 11.9. The highest BCUT2D eigenvalue weighted by molar-refractivity contribution is 5.48. The summed E-state index contributed by atoms with van der Waals surface area (Å²) in [6.45, 7) is 41.2. The van der Waals surface area contributed by atoms with Crippen LogP contribution in [-0.2, 0) is 9.47 Å². The van der Waals surface area contributed by atoms with Crippen molar-refractivity contribution < 1.29 is 18.9 Å². The minimum Gasteiger partial charge on any atom is -0.492 e. The fourth-order valence-electron chi connectivity index (χ4n) is 6.89. The van der Waals surface area contributed by atoms with E-state index in [9.17, 15) is 0 Å². The third kappa shape index (κ3) is 24.3. The van der Waals surface area contributed by atoms with E-state index in [1.165, 1.54) is 54.7 Å². The van der Waals surface area contributed by atoms with E-state index in [4.69, 9.17) is 18.9 Å². The first-order chi connectivity index (χ1) is 29.7. The highest BCUT2D eigenvalue weighted by atomic mass is 16.5. The van der Waals surface area contributed by atoms with Crippen molar-refractivity contribution in [3.8, 4) is 11.5 Å². The maximum atomic E-state index is 5.86. The summed E-state index contributed by atoms with van der Waals surface area (Å²) >= 11 is 0. The quantitative estimate of drug-likeness (QED) is 0.150. The first kappa shape index (κ1) is 55.9. The molecule has 0 bridgehead atoms. The average Bonchev–Trinajstić information content (AvgIpc) is 3.32. The molecule has 3 aliphatic heterocycles. The maximum absolute atomic E-state index is 5.86. The Bertz CT molecular complexity index is 1380. The molecule has 0 aromatic heterocycles. The molecule has 3 aromatic rings. The summed E-state index contributed by atoms with van der Waals surface area (Å²) in [5.74, 6) is 3.70. The van der Waals surface area contributed by atoms with E-state index in [0.29, 0.717) is 17.8 Å². The van der Waals surface area contributed by atoms with Crippen LogP contribution in [0.15, 0.2) is 72.8 Å². The fraction of sp³-hybridized carbons (Fsp3) is 0.660. The lowest BCUT2D eigenvalue weighted by molar-refractivity contribution is 0.0322. The monoisotopic (exact) mass is 849 g/mol. The minimum atomic E-state index is 0.549. The van der Waals surface area contributed by atoms with Gasteiger partial charge in [-0.05, 0) is 96.8 Å². The van der Waals surface area contributed by atoms with Crippen LogP contribution >= 0.6 is 0 Å². The lowest BCUT2D eigenvalue weighted by atomic mass is 10.0. The Hall–Kier alpha value is -3.14. The van der Waals surface area contributed by atoms with Crippen molar-refractivity contribution in [2.75, 3.05) is 117 Å². The molecule has 0 amide bonds. The second-order valence-corrected chi connectivity index (χ2v) is 16.1. The van der Waals surface area contributed by atoms with E-state index in [1.54, 1.807) is 0 Å². The first-order valence-electron chi connectivity index (χ1n) is 24.3. The van der Waals surface area contributed by atoms with Gasteiger partial charge in [-0.3, -0.25) is 14.7 Å². The molecule has 61 heavy (non-hydrogen) atoms. The SMILES string of the molecule is CC.CC.CC.CC(C)c1cccc(N(C)CCN2CCOCC2)c1.CC(C)c1cccc(OCCN2CCCCC2)c1.CC(C)c1cccc(OCCN2CCOCC2)c1. The highest BCUT2D eigenvalue weighted by Crippen LogP contribution is 2.22. The Morgan fingerprint density at radius 2 is 0.869 bits per heavy atom. The van der Waals surface area contributed by atoms with Gasteiger partial charge in [-0.2, -0.15) is 0 Å². The fourth-order valence-corrected chi connectivity index (χ4v) is 6.89. The van der Waals surface area contributed by atoms with Crippen LogP contribution < -0.4 is 14.4 Å². The summed E-state index contributed by atoms with van der Waals surface area (Å²) in [5, 5.41) is 0. The van der Waals surface area contributed by atoms with E-state index in [0.717, 1.165) is 103 Å². The number of likely N-dealkylation sites (N-methyl/N-ethyl adjacent to an activating group) is 1. The van der Waals surface area contributed by atoms with Gasteiger partial charge >= 0.3 is 0 Å². The number of hydrogen-bond acceptors (Lipinski definition) is 8. The van der Waals surface area contributed by atoms with E-state index < -0.39 is 0 Å². The lowest BCUT2D eigenvalue weighted by Gasteiger charge is -2.29. The summed E-state index contributed by atoms with van der Waals surface area (Å²) < 4.78 is 22.4. The van der Waals surface area contributed by atoms with Crippen molar-refractivity contribution >= 4 is 5.69 Å². The molecule has 3 fully saturated rings. The molecule has 0 N–H and O–H groups in total. The zero-order valence-corrected chi connectivity index (χ0v) is 41.5. The molecule has 3 heterocycles. The molecule has 0 aliphatic carbocycles. The van der Waals surface area contributed by atoms with Crippen LogP contribution in [0.5, 0.6) is 11.5 Å². The summed E-state index contributed by atoms with van der Waals surface area (Å²) in [7, 11) is 2.18. The molecule has 0 spiro atoms. The summed E-state index contributed by atoms with van der Waals surface area (Å²) in [6, 6.07) is 25.8. The molecule has 8 nitrogen and oxygen atoms in total. The standard InChI is InChI=1S/C16H26N2O.C16H25NO.C15H23NO2.3C2H6/c1-14(2)15-5-4-6-16(13-15)17(3)7-8-18-9-11-19-12-10-18;1-14(2)15-7-6-8-16(13-15)18-12-11-17-9-4-3-5-10-17;1-13(2)14-4-3-5-15(12-14)18-11-8-16-6-9-17-10-7-16;3*1-2/h4-6,13-14H,7-12H2,1-3H3;6-8,13-14H,3-5,9-12H2,1-2H3;3-5,12-13H,6-11H2,1-2H3;3*1-2H3. The number of nitrogens with zero attached hydrogens (tertiary/aromatic N) is 4. The normalized spacial score (nSPS) is 15.6. The Morgan fingerprint density at radius 3 is 1.30 bits per heavy atom. The molecule has 8 heteroatoms. The number of ether oxygens (including phenoxy) is 4. The van der Waals surface area contributed by atoms with Gasteiger partial charge in [0.1, 0.15) is 24.7 Å². The van der Waals surface area contributed by atoms with E-state index in [-0.39, 0.29) is 0 Å². The van der Waals surface area contributed by atoms with Crippen LogP contribution in [0.4, 0.5) is 5.69 Å². The summed E-state index contributed by atoms with van der Waals surface area (Å²) in [5.41, 5.74) is 5.42. The van der Waals surface area contributed by atoms with E-state index in [2.05, 4.69) is 135 Å². The zero-order valence-electron chi connectivity index (χ0n) is 41.5. The van der Waals surface area contributed by atoms with Gasteiger partial charge in [-0.1, -0.05) is 126 Å². The number of hydrogen-bond donors (Lipinski definition) is 0. The Labute approximate surface area is 376 Å². The van der Waals surface area contributed by atoms with Crippen LogP contribution in [0.25, 0.3) is 0 Å². The van der Waals surface area contributed by atoms with Crippen LogP contribution in [0.2, 0.25) is 0 Å². The number of benzene rings is 3. The number of anilines is 1.